The monoisotopic (exact) mass is 374 g/mol. The minimum atomic E-state index is -3.71. The van der Waals surface area contributed by atoms with E-state index >= 15 is 0 Å². The standard InChI is InChI=1S/C19H22N2O4S/c1-20(14-15-6-3-8-17(12-15)25-2)26(23,24)18-9-4-7-16(13-18)19(22)21-10-5-11-21/h3-4,6-9,12-13H,5,10-11,14H2,1-2H3. The molecule has 0 aromatic heterocycles. The number of hydrogen-bond acceptors (Lipinski definition) is 4. The van der Waals surface area contributed by atoms with E-state index in [1.807, 2.05) is 18.2 Å². The van der Waals surface area contributed by atoms with E-state index in [1.165, 1.54) is 23.5 Å². The van der Waals surface area contributed by atoms with E-state index in [9.17, 15) is 13.2 Å². The summed E-state index contributed by atoms with van der Waals surface area (Å²) < 4.78 is 32.2. The molecule has 0 atom stereocenters. The Morgan fingerprint density at radius 1 is 1.15 bits per heavy atom. The van der Waals surface area contributed by atoms with Crippen LogP contribution in [0.4, 0.5) is 0 Å². The van der Waals surface area contributed by atoms with Gasteiger partial charge in [0.1, 0.15) is 5.75 Å². The molecular formula is C19H22N2O4S. The van der Waals surface area contributed by atoms with Crippen molar-refractivity contribution < 1.29 is 17.9 Å². The number of carbonyl (C=O) groups excluding carboxylic acids is 1. The Morgan fingerprint density at radius 3 is 2.54 bits per heavy atom. The highest BCUT2D eigenvalue weighted by atomic mass is 32.2. The van der Waals surface area contributed by atoms with E-state index in [-0.39, 0.29) is 17.3 Å². The second-order valence-electron chi connectivity index (χ2n) is 6.29. The second kappa shape index (κ2) is 7.47. The van der Waals surface area contributed by atoms with Gasteiger partial charge in [-0.15, -0.1) is 0 Å². The number of ether oxygens (including phenoxy) is 1. The Hall–Kier alpha value is -2.38. The summed E-state index contributed by atoms with van der Waals surface area (Å²) in [6.07, 6.45) is 0.993. The summed E-state index contributed by atoms with van der Waals surface area (Å²) in [6.45, 7) is 1.67. The molecule has 0 saturated carbocycles. The first-order chi connectivity index (χ1) is 12.4. The lowest BCUT2D eigenvalue weighted by Crippen LogP contribution is -2.42. The normalized spacial score (nSPS) is 14.2. The maximum Gasteiger partial charge on any atom is 0.253 e. The number of carbonyl (C=O) groups is 1. The molecule has 1 saturated heterocycles. The van der Waals surface area contributed by atoms with Gasteiger partial charge in [-0.1, -0.05) is 18.2 Å². The van der Waals surface area contributed by atoms with Gasteiger partial charge in [-0.3, -0.25) is 4.79 Å². The van der Waals surface area contributed by atoms with Gasteiger partial charge in [0.2, 0.25) is 10.0 Å². The number of benzene rings is 2. The summed E-state index contributed by atoms with van der Waals surface area (Å²) in [6, 6.07) is 13.5. The molecule has 3 rings (SSSR count). The van der Waals surface area contributed by atoms with Crippen LogP contribution >= 0.6 is 0 Å². The van der Waals surface area contributed by atoms with Crippen LogP contribution in [0.1, 0.15) is 22.3 Å². The fourth-order valence-corrected chi connectivity index (χ4v) is 3.99. The Bertz CT molecular complexity index is 907. The van der Waals surface area contributed by atoms with Crippen LogP contribution in [0.2, 0.25) is 0 Å². The van der Waals surface area contributed by atoms with Crippen LogP contribution in [0, 0.1) is 0 Å². The molecule has 0 spiro atoms. The average molecular weight is 374 g/mol. The smallest absolute Gasteiger partial charge is 0.253 e. The summed E-state index contributed by atoms with van der Waals surface area (Å²) in [5, 5.41) is 0. The topological polar surface area (TPSA) is 66.9 Å². The molecule has 0 radical (unpaired) electrons. The molecule has 6 nitrogen and oxygen atoms in total. The van der Waals surface area contributed by atoms with Crippen molar-refractivity contribution >= 4 is 15.9 Å². The second-order valence-corrected chi connectivity index (χ2v) is 8.33. The molecule has 1 amide bonds. The third-order valence-electron chi connectivity index (χ3n) is 4.47. The van der Waals surface area contributed by atoms with Crippen LogP contribution in [0.25, 0.3) is 0 Å². The Morgan fingerprint density at radius 2 is 1.88 bits per heavy atom. The molecule has 0 bridgehead atoms. The van der Waals surface area contributed by atoms with Crippen LogP contribution in [-0.4, -0.2) is 50.8 Å². The minimum absolute atomic E-state index is 0.120. The van der Waals surface area contributed by atoms with Crippen molar-refractivity contribution in [3.05, 3.63) is 59.7 Å². The van der Waals surface area contributed by atoms with Gasteiger partial charge in [-0.2, -0.15) is 4.31 Å². The maximum atomic E-state index is 12.9. The van der Waals surface area contributed by atoms with Gasteiger partial charge in [-0.05, 0) is 42.3 Å². The lowest BCUT2D eigenvalue weighted by Gasteiger charge is -2.31. The van der Waals surface area contributed by atoms with Crippen LogP contribution in [-0.2, 0) is 16.6 Å². The highest BCUT2D eigenvalue weighted by molar-refractivity contribution is 7.89. The Kier molecular flexibility index (Phi) is 5.29. The number of nitrogens with zero attached hydrogens (tertiary/aromatic N) is 2. The fraction of sp³-hybridized carbons (Fsp3) is 0.316. The molecule has 0 unspecified atom stereocenters. The molecule has 7 heteroatoms. The first-order valence-corrected chi connectivity index (χ1v) is 9.84. The van der Waals surface area contributed by atoms with Crippen molar-refractivity contribution in [2.45, 2.75) is 17.9 Å². The number of amides is 1. The van der Waals surface area contributed by atoms with Crippen LogP contribution in [0.5, 0.6) is 5.75 Å². The third-order valence-corrected chi connectivity index (χ3v) is 6.27. The highest BCUT2D eigenvalue weighted by Crippen LogP contribution is 2.21. The van der Waals surface area contributed by atoms with E-state index in [2.05, 4.69) is 0 Å². The fourth-order valence-electron chi connectivity index (χ4n) is 2.78. The molecule has 2 aromatic rings. The van der Waals surface area contributed by atoms with Gasteiger partial charge >= 0.3 is 0 Å². The van der Waals surface area contributed by atoms with Crippen LogP contribution in [0.3, 0.4) is 0 Å². The van der Waals surface area contributed by atoms with Gasteiger partial charge in [0, 0.05) is 32.2 Å². The first-order valence-electron chi connectivity index (χ1n) is 8.40. The summed E-state index contributed by atoms with van der Waals surface area (Å²) in [5.74, 6) is 0.555. The summed E-state index contributed by atoms with van der Waals surface area (Å²) >= 11 is 0. The molecule has 26 heavy (non-hydrogen) atoms. The predicted molar refractivity (Wildman–Crippen MR) is 98.6 cm³/mol. The third kappa shape index (κ3) is 3.73. The molecule has 1 heterocycles. The lowest BCUT2D eigenvalue weighted by atomic mass is 10.1. The number of methoxy groups -OCH3 is 1. The summed E-state index contributed by atoms with van der Waals surface area (Å²) in [7, 11) is -0.609. The van der Waals surface area contributed by atoms with E-state index < -0.39 is 10.0 Å². The SMILES string of the molecule is COc1cccc(CN(C)S(=O)(=O)c2cccc(C(=O)N3CCC3)c2)c1. The Balaban J connectivity index is 1.81. The van der Waals surface area contributed by atoms with E-state index in [0.29, 0.717) is 11.3 Å². The maximum absolute atomic E-state index is 12.9. The molecule has 0 N–H and O–H groups in total. The van der Waals surface area contributed by atoms with Crippen molar-refractivity contribution in [2.75, 3.05) is 27.2 Å². The minimum Gasteiger partial charge on any atom is -0.497 e. The molecule has 1 fully saturated rings. The zero-order valence-corrected chi connectivity index (χ0v) is 15.7. The number of likely N-dealkylation sites (tertiary alicyclic amines) is 1. The number of hydrogen-bond donors (Lipinski definition) is 0. The summed E-state index contributed by atoms with van der Waals surface area (Å²) in [4.78, 5) is 14.2. The first kappa shape index (κ1) is 18.4. The van der Waals surface area contributed by atoms with Crippen LogP contribution < -0.4 is 4.74 Å². The molecule has 2 aromatic carbocycles. The van der Waals surface area contributed by atoms with Crippen molar-refractivity contribution in [1.82, 2.24) is 9.21 Å². The Labute approximate surface area is 154 Å². The quantitative estimate of drug-likeness (QED) is 0.779. The van der Waals surface area contributed by atoms with E-state index in [0.717, 1.165) is 25.1 Å². The molecule has 138 valence electrons. The van der Waals surface area contributed by atoms with Crippen molar-refractivity contribution in [2.24, 2.45) is 0 Å². The van der Waals surface area contributed by atoms with Crippen molar-refractivity contribution in [1.29, 1.82) is 0 Å². The molecular weight excluding hydrogens is 352 g/mol. The summed E-state index contributed by atoms with van der Waals surface area (Å²) in [5.41, 5.74) is 1.23. The zero-order chi connectivity index (χ0) is 18.7. The van der Waals surface area contributed by atoms with Crippen LogP contribution in [0.15, 0.2) is 53.4 Å². The van der Waals surface area contributed by atoms with Gasteiger partial charge in [-0.25, -0.2) is 8.42 Å². The van der Waals surface area contributed by atoms with E-state index in [4.69, 9.17) is 4.74 Å². The van der Waals surface area contributed by atoms with Crippen molar-refractivity contribution in [3.8, 4) is 5.75 Å². The van der Waals surface area contributed by atoms with Gasteiger partial charge in [0.05, 0.1) is 12.0 Å². The van der Waals surface area contributed by atoms with Gasteiger partial charge in [0.25, 0.3) is 5.91 Å². The van der Waals surface area contributed by atoms with Crippen molar-refractivity contribution in [3.63, 3.8) is 0 Å². The molecule has 1 aliphatic heterocycles. The number of sulfonamides is 1. The molecule has 0 aliphatic carbocycles. The van der Waals surface area contributed by atoms with E-state index in [1.54, 1.807) is 30.2 Å². The predicted octanol–water partition coefficient (Wildman–Crippen LogP) is 2.36. The van der Waals surface area contributed by atoms with Gasteiger partial charge in [0.15, 0.2) is 0 Å². The zero-order valence-electron chi connectivity index (χ0n) is 14.9. The largest absolute Gasteiger partial charge is 0.497 e. The number of rotatable bonds is 6. The average Bonchev–Trinajstić information content (AvgIpc) is 2.60. The highest BCUT2D eigenvalue weighted by Gasteiger charge is 2.25. The lowest BCUT2D eigenvalue weighted by molar-refractivity contribution is 0.0651. The molecule has 1 aliphatic rings. The van der Waals surface area contributed by atoms with Gasteiger partial charge < -0.3 is 9.64 Å².